The Bertz CT molecular complexity index is 822. The molecule has 0 atom stereocenters. The minimum Gasteiger partial charge on any atom is -0.465 e. The second-order valence-corrected chi connectivity index (χ2v) is 4.45. The summed E-state index contributed by atoms with van der Waals surface area (Å²) < 4.78 is 25.7. The van der Waals surface area contributed by atoms with Crippen molar-refractivity contribution in [2.45, 2.75) is 0 Å². The molecule has 3 aromatic rings. The maximum atomic E-state index is 12.2. The summed E-state index contributed by atoms with van der Waals surface area (Å²) in [5, 5.41) is 0. The van der Waals surface area contributed by atoms with Crippen LogP contribution in [0.2, 0.25) is 0 Å². The lowest BCUT2D eigenvalue weighted by Gasteiger charge is -2.02. The molecule has 3 aromatic heterocycles. The molecule has 0 N–H and O–H groups in total. The van der Waals surface area contributed by atoms with Crippen molar-refractivity contribution in [3.8, 4) is 22.8 Å². The highest BCUT2D eigenvalue weighted by molar-refractivity contribution is 6.08. The van der Waals surface area contributed by atoms with Crippen molar-refractivity contribution in [2.75, 3.05) is 14.2 Å². The second-order valence-electron chi connectivity index (χ2n) is 4.45. The van der Waals surface area contributed by atoms with E-state index >= 15 is 0 Å². The first-order valence-corrected chi connectivity index (χ1v) is 6.58. The highest BCUT2D eigenvalue weighted by Gasteiger charge is 2.34. The zero-order valence-electron chi connectivity index (χ0n) is 12.3. The van der Waals surface area contributed by atoms with Crippen LogP contribution in [0.5, 0.6) is 0 Å². The summed E-state index contributed by atoms with van der Waals surface area (Å²) in [5.41, 5.74) is 0.179. The van der Waals surface area contributed by atoms with Gasteiger partial charge in [-0.2, -0.15) is 0 Å². The highest BCUT2D eigenvalue weighted by atomic mass is 16.5. The van der Waals surface area contributed by atoms with Crippen molar-refractivity contribution in [1.82, 2.24) is 0 Å². The van der Waals surface area contributed by atoms with Crippen molar-refractivity contribution in [3.63, 3.8) is 0 Å². The summed E-state index contributed by atoms with van der Waals surface area (Å²) >= 11 is 0. The Labute approximate surface area is 130 Å². The molecule has 3 rings (SSSR count). The molecule has 0 radical (unpaired) electrons. The van der Waals surface area contributed by atoms with E-state index in [-0.39, 0.29) is 22.6 Å². The smallest absolute Gasteiger partial charge is 0.374 e. The zero-order valence-corrected chi connectivity index (χ0v) is 12.3. The van der Waals surface area contributed by atoms with Crippen molar-refractivity contribution in [3.05, 3.63) is 48.1 Å². The molecule has 23 heavy (non-hydrogen) atoms. The van der Waals surface area contributed by atoms with E-state index in [4.69, 9.17) is 18.0 Å². The Kier molecular flexibility index (Phi) is 3.76. The van der Waals surface area contributed by atoms with Gasteiger partial charge in [-0.3, -0.25) is 0 Å². The highest BCUT2D eigenvalue weighted by Crippen LogP contribution is 2.40. The SMILES string of the molecule is COC(=O)c1oc(-c2ccco2)c(-c2ccco2)c1C(=O)OC. The van der Waals surface area contributed by atoms with Crippen LogP contribution in [0.4, 0.5) is 0 Å². The van der Waals surface area contributed by atoms with E-state index in [1.165, 1.54) is 26.7 Å². The molecule has 0 bridgehead atoms. The first-order valence-electron chi connectivity index (χ1n) is 6.58. The molecule has 3 heterocycles. The fourth-order valence-electron chi connectivity index (χ4n) is 2.20. The number of furan rings is 3. The predicted octanol–water partition coefficient (Wildman–Crippen LogP) is 3.37. The molecular formula is C16H12O7. The van der Waals surface area contributed by atoms with Gasteiger partial charge >= 0.3 is 11.9 Å². The first kappa shape index (κ1) is 14.7. The molecule has 0 aliphatic heterocycles. The molecule has 0 saturated carbocycles. The number of methoxy groups -OCH3 is 2. The van der Waals surface area contributed by atoms with Gasteiger partial charge in [0.1, 0.15) is 11.3 Å². The third-order valence-corrected chi connectivity index (χ3v) is 3.18. The number of hydrogen-bond donors (Lipinski definition) is 0. The van der Waals surface area contributed by atoms with Gasteiger partial charge in [0.15, 0.2) is 11.5 Å². The van der Waals surface area contributed by atoms with E-state index in [1.807, 2.05) is 0 Å². The third kappa shape index (κ3) is 2.42. The average molecular weight is 316 g/mol. The molecule has 0 unspecified atom stereocenters. The van der Waals surface area contributed by atoms with Crippen LogP contribution in [0.25, 0.3) is 22.8 Å². The van der Waals surface area contributed by atoms with E-state index in [0.717, 1.165) is 0 Å². The number of carbonyl (C=O) groups is 2. The van der Waals surface area contributed by atoms with Crippen LogP contribution >= 0.6 is 0 Å². The minimum atomic E-state index is -0.809. The maximum Gasteiger partial charge on any atom is 0.374 e. The Morgan fingerprint density at radius 1 is 0.913 bits per heavy atom. The topological polar surface area (TPSA) is 92.0 Å². The van der Waals surface area contributed by atoms with Gasteiger partial charge in [0.2, 0.25) is 5.76 Å². The quantitative estimate of drug-likeness (QED) is 0.681. The van der Waals surface area contributed by atoms with Crippen LogP contribution in [0, 0.1) is 0 Å². The molecule has 0 fully saturated rings. The van der Waals surface area contributed by atoms with Crippen LogP contribution in [0.15, 0.2) is 50.0 Å². The molecule has 0 spiro atoms. The molecule has 7 nitrogen and oxygen atoms in total. The van der Waals surface area contributed by atoms with Gasteiger partial charge in [0.05, 0.1) is 32.3 Å². The van der Waals surface area contributed by atoms with Gasteiger partial charge in [-0.25, -0.2) is 9.59 Å². The molecule has 0 aliphatic carbocycles. The summed E-state index contributed by atoms with van der Waals surface area (Å²) in [7, 11) is 2.39. The summed E-state index contributed by atoms with van der Waals surface area (Å²) in [6.45, 7) is 0. The van der Waals surface area contributed by atoms with Crippen molar-refractivity contribution in [1.29, 1.82) is 0 Å². The van der Waals surface area contributed by atoms with Crippen molar-refractivity contribution >= 4 is 11.9 Å². The molecule has 118 valence electrons. The molecule has 0 aliphatic rings. The Hall–Kier alpha value is -3.22. The lowest BCUT2D eigenvalue weighted by atomic mass is 10.0. The predicted molar refractivity (Wildman–Crippen MR) is 76.8 cm³/mol. The van der Waals surface area contributed by atoms with E-state index in [0.29, 0.717) is 11.5 Å². The van der Waals surface area contributed by atoms with Crippen LogP contribution in [0.3, 0.4) is 0 Å². The third-order valence-electron chi connectivity index (χ3n) is 3.18. The van der Waals surface area contributed by atoms with E-state index < -0.39 is 11.9 Å². The van der Waals surface area contributed by atoms with Gasteiger partial charge in [0, 0.05) is 0 Å². The van der Waals surface area contributed by atoms with Gasteiger partial charge in [0.25, 0.3) is 0 Å². The fraction of sp³-hybridized carbons (Fsp3) is 0.125. The van der Waals surface area contributed by atoms with Gasteiger partial charge in [-0.05, 0) is 24.3 Å². The summed E-state index contributed by atoms with van der Waals surface area (Å²) in [6, 6.07) is 6.56. The lowest BCUT2D eigenvalue weighted by Crippen LogP contribution is -2.10. The molecule has 0 aromatic carbocycles. The summed E-state index contributed by atoms with van der Waals surface area (Å²) in [6.07, 6.45) is 2.88. The van der Waals surface area contributed by atoms with Gasteiger partial charge in [-0.1, -0.05) is 0 Å². The van der Waals surface area contributed by atoms with Gasteiger partial charge in [-0.15, -0.1) is 0 Å². The van der Waals surface area contributed by atoms with Crippen LogP contribution in [-0.4, -0.2) is 26.2 Å². The molecular weight excluding hydrogens is 304 g/mol. The molecule has 7 heteroatoms. The van der Waals surface area contributed by atoms with Crippen LogP contribution in [-0.2, 0) is 9.47 Å². The Morgan fingerprint density at radius 3 is 2.04 bits per heavy atom. The average Bonchev–Trinajstić information content (AvgIpc) is 3.31. The van der Waals surface area contributed by atoms with E-state index in [2.05, 4.69) is 4.74 Å². The monoisotopic (exact) mass is 316 g/mol. The fourth-order valence-corrected chi connectivity index (χ4v) is 2.20. The normalized spacial score (nSPS) is 10.5. The first-order chi connectivity index (χ1) is 11.2. The maximum absolute atomic E-state index is 12.2. The Morgan fingerprint density at radius 2 is 1.52 bits per heavy atom. The number of ether oxygens (including phenoxy) is 2. The second kappa shape index (κ2) is 5.88. The lowest BCUT2D eigenvalue weighted by molar-refractivity contribution is 0.0529. The van der Waals surface area contributed by atoms with Crippen LogP contribution < -0.4 is 0 Å². The molecule has 0 saturated heterocycles. The summed E-state index contributed by atoms with van der Waals surface area (Å²) in [5.74, 6) is -1.01. The largest absolute Gasteiger partial charge is 0.465 e. The standard InChI is InChI=1S/C16H12O7/c1-19-15(17)12-11(9-5-3-7-21-9)13(10-6-4-8-22-10)23-14(12)16(18)20-2/h3-8H,1-2H3. The van der Waals surface area contributed by atoms with Crippen LogP contribution in [0.1, 0.15) is 20.9 Å². The molecule has 0 amide bonds. The number of hydrogen-bond acceptors (Lipinski definition) is 7. The van der Waals surface area contributed by atoms with E-state index in [9.17, 15) is 9.59 Å². The number of rotatable bonds is 4. The number of carbonyl (C=O) groups excluding carboxylic acids is 2. The number of esters is 2. The summed E-state index contributed by atoms with van der Waals surface area (Å²) in [4.78, 5) is 24.2. The zero-order chi connectivity index (χ0) is 16.4. The Balaban J connectivity index is 2.34. The van der Waals surface area contributed by atoms with Gasteiger partial charge < -0.3 is 22.7 Å². The minimum absolute atomic E-state index is 0.0827. The van der Waals surface area contributed by atoms with Crippen molar-refractivity contribution in [2.24, 2.45) is 0 Å². The van der Waals surface area contributed by atoms with E-state index in [1.54, 1.807) is 24.3 Å². The van der Waals surface area contributed by atoms with Crippen molar-refractivity contribution < 1.29 is 32.3 Å².